The van der Waals surface area contributed by atoms with E-state index in [1.165, 1.54) is 53.9 Å². The van der Waals surface area contributed by atoms with Gasteiger partial charge in [-0.3, -0.25) is 0 Å². The van der Waals surface area contributed by atoms with Crippen LogP contribution in [-0.2, 0) is 0 Å². The van der Waals surface area contributed by atoms with Gasteiger partial charge in [0.2, 0.25) is 0 Å². The van der Waals surface area contributed by atoms with Gasteiger partial charge in [0.25, 0.3) is 0 Å². The van der Waals surface area contributed by atoms with E-state index >= 15 is 0 Å². The Morgan fingerprint density at radius 1 is 0.452 bits per heavy atom. The number of anilines is 3. The minimum atomic E-state index is 0.783. The van der Waals surface area contributed by atoms with E-state index in [1.54, 1.807) is 11.1 Å². The summed E-state index contributed by atoms with van der Waals surface area (Å²) >= 11 is 0. The maximum absolute atomic E-state index is 2.48. The Kier molecular flexibility index (Phi) is 4.61. The van der Waals surface area contributed by atoms with Crippen molar-refractivity contribution in [1.82, 2.24) is 0 Å². The van der Waals surface area contributed by atoms with Crippen LogP contribution < -0.4 is 4.90 Å². The molecule has 7 rings (SSSR count). The molecule has 2 bridgehead atoms. The van der Waals surface area contributed by atoms with Crippen molar-refractivity contribution in [1.29, 1.82) is 0 Å². The molecular weight excluding hydrogens is 374 g/mol. The van der Waals surface area contributed by atoms with Gasteiger partial charge >= 0.3 is 0 Å². The van der Waals surface area contributed by atoms with Gasteiger partial charge in [-0.25, -0.2) is 0 Å². The van der Waals surface area contributed by atoms with Crippen LogP contribution in [0.3, 0.4) is 0 Å². The molecular formula is C30H27N. The first-order valence-electron chi connectivity index (χ1n) is 11.5. The molecule has 0 unspecified atom stereocenters. The second kappa shape index (κ2) is 7.74. The van der Waals surface area contributed by atoms with E-state index in [0.717, 1.165) is 11.8 Å². The highest BCUT2D eigenvalue weighted by molar-refractivity contribution is 5.78. The normalized spacial score (nSPS) is 19.1. The van der Waals surface area contributed by atoms with Gasteiger partial charge in [0.15, 0.2) is 0 Å². The fourth-order valence-corrected chi connectivity index (χ4v) is 5.60. The van der Waals surface area contributed by atoms with E-state index in [2.05, 4.69) is 108 Å². The molecule has 0 amide bonds. The molecule has 1 saturated carbocycles. The standard InChI is InChI=1S/C30H27N/c1-3-7-26(8-4-1)31(27-9-5-2-6-10-27)28-18-15-22(16-19-28)25-17-20-29-23-11-13-24(14-12-23)30(29)21-25/h1-10,15-21,23-24H,11-14H2. The minimum absolute atomic E-state index is 0.783. The molecule has 1 nitrogen and oxygen atoms in total. The van der Waals surface area contributed by atoms with Gasteiger partial charge < -0.3 is 4.90 Å². The van der Waals surface area contributed by atoms with Crippen molar-refractivity contribution >= 4 is 17.1 Å². The highest BCUT2D eigenvalue weighted by atomic mass is 15.1. The molecule has 0 heterocycles. The number of para-hydroxylation sites is 2. The van der Waals surface area contributed by atoms with Crippen LogP contribution in [0.4, 0.5) is 17.1 Å². The molecule has 3 aliphatic carbocycles. The monoisotopic (exact) mass is 401 g/mol. The number of hydrogen-bond acceptors (Lipinski definition) is 1. The van der Waals surface area contributed by atoms with Gasteiger partial charge in [-0.2, -0.15) is 0 Å². The zero-order chi connectivity index (χ0) is 20.6. The quantitative estimate of drug-likeness (QED) is 0.331. The maximum atomic E-state index is 2.48. The number of rotatable bonds is 4. The fraction of sp³-hybridized carbons (Fsp3) is 0.200. The van der Waals surface area contributed by atoms with E-state index in [-0.39, 0.29) is 0 Å². The first-order valence-corrected chi connectivity index (χ1v) is 11.5. The van der Waals surface area contributed by atoms with Gasteiger partial charge in [0, 0.05) is 17.1 Å². The molecule has 0 aliphatic heterocycles. The van der Waals surface area contributed by atoms with Gasteiger partial charge in [-0.15, -0.1) is 0 Å². The lowest BCUT2D eigenvalue weighted by Gasteiger charge is -2.38. The summed E-state index contributed by atoms with van der Waals surface area (Å²) in [7, 11) is 0. The summed E-state index contributed by atoms with van der Waals surface area (Å²) in [6, 6.07) is 37.5. The molecule has 0 aromatic heterocycles. The first kappa shape index (κ1) is 18.4. The molecule has 1 fully saturated rings. The van der Waals surface area contributed by atoms with Crippen molar-refractivity contribution in [3.63, 3.8) is 0 Å². The van der Waals surface area contributed by atoms with E-state index in [0.29, 0.717) is 0 Å². The second-order valence-electron chi connectivity index (χ2n) is 8.95. The van der Waals surface area contributed by atoms with Gasteiger partial charge in [0.1, 0.15) is 0 Å². The topological polar surface area (TPSA) is 3.24 Å². The molecule has 3 aliphatic rings. The summed E-state index contributed by atoms with van der Waals surface area (Å²) in [5, 5.41) is 0. The first-order chi connectivity index (χ1) is 15.4. The minimum Gasteiger partial charge on any atom is -0.311 e. The van der Waals surface area contributed by atoms with Gasteiger partial charge in [-0.1, -0.05) is 66.7 Å². The van der Waals surface area contributed by atoms with Crippen molar-refractivity contribution < 1.29 is 0 Å². The summed E-state index contributed by atoms with van der Waals surface area (Å²) < 4.78 is 0. The molecule has 4 aromatic carbocycles. The van der Waals surface area contributed by atoms with E-state index in [4.69, 9.17) is 0 Å². The van der Waals surface area contributed by atoms with Crippen LogP contribution >= 0.6 is 0 Å². The number of hydrogen-bond donors (Lipinski definition) is 0. The lowest BCUT2D eigenvalue weighted by atomic mass is 9.66. The Morgan fingerprint density at radius 3 is 1.52 bits per heavy atom. The molecule has 4 aromatic rings. The van der Waals surface area contributed by atoms with Crippen LogP contribution in [0.1, 0.15) is 48.6 Å². The third-order valence-corrected chi connectivity index (χ3v) is 7.18. The third-order valence-electron chi connectivity index (χ3n) is 7.18. The Hall–Kier alpha value is -3.32. The maximum Gasteiger partial charge on any atom is 0.0462 e. The highest BCUT2D eigenvalue weighted by Gasteiger charge is 2.32. The van der Waals surface area contributed by atoms with Crippen LogP contribution in [-0.4, -0.2) is 0 Å². The number of benzene rings is 4. The number of fused-ring (bicyclic) bond motifs is 2. The van der Waals surface area contributed by atoms with E-state index in [1.807, 2.05) is 0 Å². The van der Waals surface area contributed by atoms with Crippen LogP contribution in [0.2, 0.25) is 0 Å². The van der Waals surface area contributed by atoms with Crippen molar-refractivity contribution in [2.24, 2.45) is 0 Å². The molecule has 0 N–H and O–H groups in total. The summed E-state index contributed by atoms with van der Waals surface area (Å²) in [6.45, 7) is 0. The summed E-state index contributed by atoms with van der Waals surface area (Å²) in [6.07, 6.45) is 5.54. The number of nitrogens with zero attached hydrogens (tertiary/aromatic N) is 1. The molecule has 0 spiro atoms. The lowest BCUT2D eigenvalue weighted by molar-refractivity contribution is 0.359. The molecule has 0 radical (unpaired) electrons. The summed E-state index contributed by atoms with van der Waals surface area (Å²) in [5.41, 5.74) is 9.43. The van der Waals surface area contributed by atoms with Crippen molar-refractivity contribution in [2.75, 3.05) is 4.90 Å². The Bertz CT molecular complexity index is 1130. The predicted molar refractivity (Wildman–Crippen MR) is 131 cm³/mol. The zero-order valence-corrected chi connectivity index (χ0v) is 17.7. The Balaban J connectivity index is 1.36. The van der Waals surface area contributed by atoms with E-state index < -0.39 is 0 Å². The average Bonchev–Trinajstić information content (AvgIpc) is 2.87. The SMILES string of the molecule is c1ccc(N(c2ccccc2)c2ccc(-c3ccc4c(c3)C3CCC4CC3)cc2)cc1. The van der Waals surface area contributed by atoms with Crippen molar-refractivity contribution in [3.05, 3.63) is 114 Å². The second-order valence-corrected chi connectivity index (χ2v) is 8.95. The van der Waals surface area contributed by atoms with Crippen molar-refractivity contribution in [3.8, 4) is 11.1 Å². The van der Waals surface area contributed by atoms with Gasteiger partial charge in [0.05, 0.1) is 0 Å². The molecule has 1 heteroatoms. The van der Waals surface area contributed by atoms with Crippen molar-refractivity contribution in [2.45, 2.75) is 37.5 Å². The van der Waals surface area contributed by atoms with Crippen LogP contribution in [0, 0.1) is 0 Å². The smallest absolute Gasteiger partial charge is 0.0462 e. The molecule has 0 saturated heterocycles. The fourth-order valence-electron chi connectivity index (χ4n) is 5.60. The Labute approximate surface area is 185 Å². The average molecular weight is 402 g/mol. The highest BCUT2D eigenvalue weighted by Crippen LogP contribution is 2.50. The van der Waals surface area contributed by atoms with Crippen LogP contribution in [0.25, 0.3) is 11.1 Å². The zero-order valence-electron chi connectivity index (χ0n) is 17.7. The largest absolute Gasteiger partial charge is 0.311 e. The third kappa shape index (κ3) is 3.35. The summed E-state index contributed by atoms with van der Waals surface area (Å²) in [4.78, 5) is 2.32. The van der Waals surface area contributed by atoms with Gasteiger partial charge in [-0.05, 0) is 96.2 Å². The van der Waals surface area contributed by atoms with Crippen LogP contribution in [0.5, 0.6) is 0 Å². The van der Waals surface area contributed by atoms with Crippen LogP contribution in [0.15, 0.2) is 103 Å². The molecule has 31 heavy (non-hydrogen) atoms. The predicted octanol–water partition coefficient (Wildman–Crippen LogP) is 8.58. The van der Waals surface area contributed by atoms with E-state index in [9.17, 15) is 0 Å². The molecule has 152 valence electrons. The molecule has 0 atom stereocenters. The lowest BCUT2D eigenvalue weighted by Crippen LogP contribution is -2.21. The summed E-state index contributed by atoms with van der Waals surface area (Å²) in [5.74, 6) is 1.59. The Morgan fingerprint density at radius 2 is 0.935 bits per heavy atom.